The molecule has 2 aromatic rings. The number of hydrogen-bond donors (Lipinski definition) is 2. The van der Waals surface area contributed by atoms with E-state index in [1.807, 2.05) is 6.07 Å². The number of amidine groups is 1. The van der Waals surface area contributed by atoms with E-state index in [1.54, 1.807) is 23.9 Å². The lowest BCUT2D eigenvalue weighted by Crippen LogP contribution is -2.47. The van der Waals surface area contributed by atoms with Crippen molar-refractivity contribution in [3.63, 3.8) is 0 Å². The SMILES string of the molecule is NC1=NC2(CS1)c1cc(-c3cccnc3F)ccc1CC1CC(O)CCC12. The lowest BCUT2D eigenvalue weighted by atomic mass is 9.59. The van der Waals surface area contributed by atoms with Crippen LogP contribution in [0.2, 0.25) is 0 Å². The summed E-state index contributed by atoms with van der Waals surface area (Å²) in [6, 6.07) is 9.69. The Balaban J connectivity index is 1.67. The maximum absolute atomic E-state index is 14.3. The molecule has 0 radical (unpaired) electrons. The van der Waals surface area contributed by atoms with Gasteiger partial charge in [-0.05, 0) is 72.4 Å². The summed E-state index contributed by atoms with van der Waals surface area (Å²) in [6.07, 6.45) is 4.78. The number of nitrogens with two attached hydrogens (primary N) is 1. The monoisotopic (exact) mass is 383 g/mol. The third kappa shape index (κ3) is 2.69. The van der Waals surface area contributed by atoms with E-state index in [0.29, 0.717) is 22.6 Å². The second-order valence-electron chi connectivity index (χ2n) is 7.91. The van der Waals surface area contributed by atoms with Gasteiger partial charge in [0.1, 0.15) is 5.54 Å². The van der Waals surface area contributed by atoms with E-state index in [1.165, 1.54) is 17.3 Å². The molecule has 0 bridgehead atoms. The third-order valence-electron chi connectivity index (χ3n) is 6.45. The number of benzene rings is 1. The second-order valence-corrected chi connectivity index (χ2v) is 8.91. The van der Waals surface area contributed by atoms with E-state index in [0.717, 1.165) is 37.0 Å². The van der Waals surface area contributed by atoms with Crippen molar-refractivity contribution < 1.29 is 9.50 Å². The molecule has 4 atom stereocenters. The first-order valence-electron chi connectivity index (χ1n) is 9.47. The van der Waals surface area contributed by atoms with Crippen molar-refractivity contribution in [2.24, 2.45) is 22.6 Å². The fraction of sp³-hybridized carbons (Fsp3) is 0.429. The molecule has 27 heavy (non-hydrogen) atoms. The van der Waals surface area contributed by atoms with Crippen LogP contribution in [0.1, 0.15) is 30.4 Å². The number of aliphatic hydroxyl groups is 1. The van der Waals surface area contributed by atoms with Crippen LogP contribution in [0.15, 0.2) is 41.5 Å². The summed E-state index contributed by atoms with van der Waals surface area (Å²) < 4.78 is 14.3. The predicted octanol–water partition coefficient (Wildman–Crippen LogP) is 3.48. The largest absolute Gasteiger partial charge is 0.393 e. The molecule has 1 aromatic heterocycles. The van der Waals surface area contributed by atoms with Crippen molar-refractivity contribution in [1.29, 1.82) is 0 Å². The van der Waals surface area contributed by atoms with E-state index in [2.05, 4.69) is 17.1 Å². The van der Waals surface area contributed by atoms with E-state index in [4.69, 9.17) is 10.7 Å². The van der Waals surface area contributed by atoms with Gasteiger partial charge in [-0.3, -0.25) is 4.99 Å². The van der Waals surface area contributed by atoms with Gasteiger partial charge in [-0.15, -0.1) is 0 Å². The quantitative estimate of drug-likeness (QED) is 0.740. The first-order chi connectivity index (χ1) is 13.1. The summed E-state index contributed by atoms with van der Waals surface area (Å²) >= 11 is 1.61. The van der Waals surface area contributed by atoms with Crippen LogP contribution in [0.5, 0.6) is 0 Å². The number of aromatic nitrogens is 1. The molecule has 4 nitrogen and oxygen atoms in total. The average Bonchev–Trinajstić information content (AvgIpc) is 3.04. The van der Waals surface area contributed by atoms with Crippen LogP contribution in [-0.2, 0) is 12.0 Å². The summed E-state index contributed by atoms with van der Waals surface area (Å²) in [5.41, 5.74) is 9.52. The van der Waals surface area contributed by atoms with E-state index >= 15 is 0 Å². The third-order valence-corrected chi connectivity index (χ3v) is 7.42. The second kappa shape index (κ2) is 6.31. The number of aliphatic imine (C=N–C) groups is 1. The normalized spacial score (nSPS) is 32.1. The highest BCUT2D eigenvalue weighted by molar-refractivity contribution is 8.14. The number of aliphatic hydroxyl groups excluding tert-OH is 1. The van der Waals surface area contributed by atoms with Crippen LogP contribution in [0, 0.1) is 17.8 Å². The minimum atomic E-state index is -0.454. The molecular formula is C21H22FN3OS. The van der Waals surface area contributed by atoms with Crippen LogP contribution in [-0.4, -0.2) is 27.1 Å². The van der Waals surface area contributed by atoms with Crippen LogP contribution in [0.25, 0.3) is 11.1 Å². The molecule has 4 unspecified atom stereocenters. The number of rotatable bonds is 1. The maximum Gasteiger partial charge on any atom is 0.220 e. The average molecular weight is 383 g/mol. The van der Waals surface area contributed by atoms with Gasteiger partial charge < -0.3 is 10.8 Å². The van der Waals surface area contributed by atoms with E-state index in [9.17, 15) is 9.50 Å². The molecule has 3 N–H and O–H groups in total. The Morgan fingerprint density at radius 1 is 1.26 bits per heavy atom. The molecule has 140 valence electrons. The van der Waals surface area contributed by atoms with Crippen molar-refractivity contribution in [3.8, 4) is 11.1 Å². The lowest BCUT2D eigenvalue weighted by molar-refractivity contribution is 0.0347. The van der Waals surface area contributed by atoms with Gasteiger partial charge in [-0.25, -0.2) is 4.98 Å². The highest BCUT2D eigenvalue weighted by atomic mass is 32.2. The number of thioether (sulfide) groups is 1. The van der Waals surface area contributed by atoms with Gasteiger partial charge >= 0.3 is 0 Å². The molecule has 3 aliphatic rings. The number of fused-ring (bicyclic) bond motifs is 4. The number of hydrogen-bond acceptors (Lipinski definition) is 5. The smallest absolute Gasteiger partial charge is 0.220 e. The van der Waals surface area contributed by atoms with Crippen molar-refractivity contribution in [2.45, 2.75) is 37.3 Å². The Hall–Kier alpha value is -1.92. The van der Waals surface area contributed by atoms with E-state index in [-0.39, 0.29) is 11.6 Å². The first-order valence-corrected chi connectivity index (χ1v) is 10.5. The molecule has 5 rings (SSSR count). The van der Waals surface area contributed by atoms with Crippen LogP contribution in [0.3, 0.4) is 0 Å². The molecule has 6 heteroatoms. The summed E-state index contributed by atoms with van der Waals surface area (Å²) in [4.78, 5) is 8.75. The first kappa shape index (κ1) is 17.2. The Morgan fingerprint density at radius 3 is 2.93 bits per heavy atom. The molecular weight excluding hydrogens is 361 g/mol. The summed E-state index contributed by atoms with van der Waals surface area (Å²) in [5, 5.41) is 10.8. The molecule has 1 spiro atoms. The summed E-state index contributed by atoms with van der Waals surface area (Å²) in [6.45, 7) is 0. The summed E-state index contributed by atoms with van der Waals surface area (Å²) in [5.74, 6) is 1.15. The Labute approximate surface area is 162 Å². The molecule has 1 aliphatic heterocycles. The van der Waals surface area contributed by atoms with Gasteiger partial charge in [-0.1, -0.05) is 23.9 Å². The number of nitrogens with zero attached hydrogens (tertiary/aromatic N) is 2. The van der Waals surface area contributed by atoms with Gasteiger partial charge in [0, 0.05) is 17.5 Å². The molecule has 2 aliphatic carbocycles. The zero-order valence-electron chi connectivity index (χ0n) is 14.9. The molecule has 1 fully saturated rings. The van der Waals surface area contributed by atoms with Crippen LogP contribution in [0.4, 0.5) is 4.39 Å². The van der Waals surface area contributed by atoms with Crippen molar-refractivity contribution in [2.75, 3.05) is 5.75 Å². The van der Waals surface area contributed by atoms with Gasteiger partial charge in [0.15, 0.2) is 5.17 Å². The standard InChI is InChI=1S/C21H22FN3OS/c22-19-16(2-1-7-24-19)12-3-4-13-8-14-9-15(26)5-6-17(14)21(18(13)10-12)11-27-20(23)25-21/h1-4,7,10,14-15,17,26H,5-6,8-9,11H2,(H2,23,25). The highest BCUT2D eigenvalue weighted by Gasteiger charge is 2.52. The van der Waals surface area contributed by atoms with Gasteiger partial charge in [0.05, 0.1) is 6.10 Å². The van der Waals surface area contributed by atoms with Crippen molar-refractivity contribution >= 4 is 16.9 Å². The zero-order valence-corrected chi connectivity index (χ0v) is 15.8. The van der Waals surface area contributed by atoms with Gasteiger partial charge in [0.25, 0.3) is 0 Å². The van der Waals surface area contributed by atoms with Crippen molar-refractivity contribution in [1.82, 2.24) is 4.98 Å². The maximum atomic E-state index is 14.3. The fourth-order valence-corrected chi connectivity index (χ4v) is 6.30. The number of pyridine rings is 1. The minimum Gasteiger partial charge on any atom is -0.393 e. The molecule has 2 heterocycles. The fourth-order valence-electron chi connectivity index (χ4n) is 5.28. The van der Waals surface area contributed by atoms with Gasteiger partial charge in [-0.2, -0.15) is 4.39 Å². The van der Waals surface area contributed by atoms with Gasteiger partial charge in [0.2, 0.25) is 5.95 Å². The molecule has 1 aromatic carbocycles. The van der Waals surface area contributed by atoms with Crippen LogP contribution >= 0.6 is 11.8 Å². The van der Waals surface area contributed by atoms with E-state index < -0.39 is 5.95 Å². The Morgan fingerprint density at radius 2 is 2.15 bits per heavy atom. The Bertz CT molecular complexity index is 933. The van der Waals surface area contributed by atoms with Crippen LogP contribution < -0.4 is 5.73 Å². The summed E-state index contributed by atoms with van der Waals surface area (Å²) in [7, 11) is 0. The minimum absolute atomic E-state index is 0.219. The molecule has 0 saturated heterocycles. The predicted molar refractivity (Wildman–Crippen MR) is 106 cm³/mol. The Kier molecular flexibility index (Phi) is 4.02. The zero-order chi connectivity index (χ0) is 18.6. The number of halogens is 1. The lowest BCUT2D eigenvalue weighted by Gasteiger charge is -2.48. The topological polar surface area (TPSA) is 71.5 Å². The molecule has 0 amide bonds. The van der Waals surface area contributed by atoms with Crippen molar-refractivity contribution in [3.05, 3.63) is 53.6 Å². The highest BCUT2D eigenvalue weighted by Crippen LogP contribution is 2.55. The molecule has 1 saturated carbocycles.